The summed E-state index contributed by atoms with van der Waals surface area (Å²) in [5.41, 5.74) is 6.84. The number of aldehydes is 1. The van der Waals surface area contributed by atoms with E-state index in [9.17, 15) is 85.7 Å². The van der Waals surface area contributed by atoms with Gasteiger partial charge in [-0.25, -0.2) is 94.5 Å². The number of aryl methyl sites for hydroxylation is 10. The SMILES string of the molecule is C=C/C=C/C(O)Cn1cc(S(=O)(=O)c2ccc(C)cc2)nn1.C=C/C=C/CCn1cc(S(=O)(=O)c2ccc(C)cc2)nn1.C=C1CC(Cn2cc(S(=O)(=O)c3ccc(C)cc3)nn2)O1.C=CCCn1cc(S(=O)(=O)c2ccc(C)cc2)nn1.Cc1ccc(S(=O)(=O)c2cn(CC=O)nn2)cc1.Cc1ccc(S(=O)(=O)c2cn(CCS(C)(=O)=O)nn2)cc1.Cc1ccc(S(=O)(=O)c2cn(CS(C)(=O)=O)nn2)cc1. The van der Waals surface area contributed by atoms with Gasteiger partial charge in [-0.3, -0.25) is 14.0 Å². The van der Waals surface area contributed by atoms with Crippen LogP contribution in [-0.4, -0.2) is 223 Å². The maximum atomic E-state index is 12.4. The minimum atomic E-state index is -3.78. The van der Waals surface area contributed by atoms with Gasteiger partial charge in [0.2, 0.25) is 104 Å². The minimum Gasteiger partial charge on any atom is -0.493 e. The second kappa shape index (κ2) is 49.4. The molecule has 7 aromatic heterocycles. The molecule has 1 saturated heterocycles. The Morgan fingerprint density at radius 1 is 0.352 bits per heavy atom. The van der Waals surface area contributed by atoms with Crippen LogP contribution in [0.25, 0.3) is 0 Å². The number of hydrogen-bond acceptors (Lipinski definition) is 35. The third kappa shape index (κ3) is 32.2. The van der Waals surface area contributed by atoms with Gasteiger partial charge in [-0.1, -0.05) is 223 Å². The van der Waals surface area contributed by atoms with Crippen LogP contribution in [0.2, 0.25) is 0 Å². The molecule has 1 aliphatic heterocycles. The molecule has 15 rings (SSSR count). The van der Waals surface area contributed by atoms with Crippen LogP contribution in [0.5, 0.6) is 0 Å². The van der Waals surface area contributed by atoms with Crippen LogP contribution >= 0.6 is 0 Å². The molecular weight excluding hydrogens is 2010 g/mol. The van der Waals surface area contributed by atoms with E-state index in [-0.39, 0.29) is 101 Å². The number of aliphatic hydroxyl groups excluding tert-OH is 1. The Hall–Kier alpha value is -14.1. The van der Waals surface area contributed by atoms with Gasteiger partial charge in [-0.15, -0.1) is 42.3 Å². The van der Waals surface area contributed by atoms with Gasteiger partial charge in [0.15, 0.2) is 9.84 Å². The molecular formula is C91H103N21O21S9. The molecule has 1 N–H and O–H groups in total. The molecule has 0 saturated carbocycles. The first-order valence-corrected chi connectivity index (χ1v) is 56.9. The van der Waals surface area contributed by atoms with Gasteiger partial charge in [-0.2, -0.15) is 0 Å². The number of benzene rings is 7. The fourth-order valence-corrected chi connectivity index (χ4v) is 20.9. The highest BCUT2D eigenvalue weighted by Gasteiger charge is 2.31. The molecule has 0 amide bonds. The van der Waals surface area contributed by atoms with E-state index in [0.717, 1.165) is 80.9 Å². The zero-order valence-electron chi connectivity index (χ0n) is 78.3. The topological polar surface area (TPSA) is 569 Å². The van der Waals surface area contributed by atoms with Crippen molar-refractivity contribution >= 4 is 94.8 Å². The number of aliphatic hydroxyl groups is 1. The molecule has 1 fully saturated rings. The van der Waals surface area contributed by atoms with Crippen molar-refractivity contribution in [1.82, 2.24) is 105 Å². The predicted octanol–water partition coefficient (Wildman–Crippen LogP) is 9.29. The molecule has 142 heavy (non-hydrogen) atoms. The van der Waals surface area contributed by atoms with E-state index in [1.165, 1.54) is 126 Å². The largest absolute Gasteiger partial charge is 0.493 e. The number of carbonyl (C=O) groups is 1. The molecule has 51 heteroatoms. The van der Waals surface area contributed by atoms with Gasteiger partial charge in [0, 0.05) is 32.0 Å². The third-order valence-corrected chi connectivity index (χ3v) is 32.6. The Morgan fingerprint density at radius 3 is 0.887 bits per heavy atom. The van der Waals surface area contributed by atoms with Crippen molar-refractivity contribution in [3.63, 3.8) is 0 Å². The number of sulfone groups is 9. The molecule has 42 nitrogen and oxygen atoms in total. The monoisotopic (exact) mass is 2110 g/mol. The van der Waals surface area contributed by atoms with E-state index in [0.29, 0.717) is 32.3 Å². The van der Waals surface area contributed by atoms with Gasteiger partial charge >= 0.3 is 0 Å². The Balaban J connectivity index is 0.000000185. The summed E-state index contributed by atoms with van der Waals surface area (Å²) in [6.07, 6.45) is 25.3. The number of hydrogen-bond donors (Lipinski definition) is 1. The van der Waals surface area contributed by atoms with E-state index in [1.807, 2.05) is 60.6 Å². The van der Waals surface area contributed by atoms with Crippen LogP contribution in [0.15, 0.2) is 357 Å². The highest BCUT2D eigenvalue weighted by Crippen LogP contribution is 2.28. The number of allylic oxidation sites excluding steroid dienone is 6. The van der Waals surface area contributed by atoms with Crippen LogP contribution in [0, 0.1) is 48.5 Å². The summed E-state index contributed by atoms with van der Waals surface area (Å²) < 4.78 is 231. The number of nitrogens with zero attached hydrogens (tertiary/aromatic N) is 21. The van der Waals surface area contributed by atoms with Gasteiger partial charge in [0.05, 0.1) is 121 Å². The van der Waals surface area contributed by atoms with Gasteiger partial charge in [0.25, 0.3) is 0 Å². The first kappa shape index (κ1) is 112. The molecule has 2 unspecified atom stereocenters. The molecule has 752 valence electrons. The summed E-state index contributed by atoms with van der Waals surface area (Å²) >= 11 is 0. The molecule has 7 aromatic carbocycles. The fourth-order valence-electron chi connectivity index (χ4n) is 11.8. The molecule has 8 heterocycles. The molecule has 2 atom stereocenters. The van der Waals surface area contributed by atoms with E-state index in [4.69, 9.17) is 4.74 Å². The summed E-state index contributed by atoms with van der Waals surface area (Å²) in [5.74, 6) is 0.205. The number of aromatic nitrogens is 21. The van der Waals surface area contributed by atoms with E-state index < -0.39 is 101 Å². The third-order valence-electron chi connectivity index (χ3n) is 19.6. The lowest BCUT2D eigenvalue weighted by Gasteiger charge is -2.29. The van der Waals surface area contributed by atoms with Crippen LogP contribution in [0.1, 0.15) is 58.2 Å². The molecule has 0 aliphatic carbocycles. The van der Waals surface area contributed by atoms with Gasteiger partial charge in [-0.05, 0) is 146 Å². The van der Waals surface area contributed by atoms with Crippen molar-refractivity contribution in [2.75, 3.05) is 18.3 Å². The minimum absolute atomic E-state index is 0.00544. The van der Waals surface area contributed by atoms with Crippen LogP contribution in [0.4, 0.5) is 0 Å². The normalized spacial score (nSPS) is 13.1. The summed E-state index contributed by atoms with van der Waals surface area (Å²) in [6, 6.07) is 45.7. The highest BCUT2D eigenvalue weighted by molar-refractivity contribution is 7.93. The van der Waals surface area contributed by atoms with Crippen molar-refractivity contribution in [3.05, 3.63) is 327 Å². The first-order chi connectivity index (χ1) is 66.9. The van der Waals surface area contributed by atoms with Crippen molar-refractivity contribution in [2.24, 2.45) is 0 Å². The highest BCUT2D eigenvalue weighted by atomic mass is 32.2. The van der Waals surface area contributed by atoms with Crippen molar-refractivity contribution in [3.8, 4) is 0 Å². The second-order valence-corrected chi connectivity index (χ2v) is 49.3. The zero-order valence-corrected chi connectivity index (χ0v) is 85.6. The Labute approximate surface area is 823 Å². The summed E-state index contributed by atoms with van der Waals surface area (Å²) in [5, 5.41) is 60.5. The Kier molecular flexibility index (Phi) is 38.8. The number of rotatable bonds is 34. The first-order valence-electron chi connectivity index (χ1n) is 42.4. The second-order valence-electron chi connectivity index (χ2n) is 31.7. The standard InChI is InChI=1S/C15H17N3O3S.C15H17N3O2S.C14H15N3O3S.C13H15N3O2S.C12H15N3O4S2.C11H13N3O4S2.C11H11N3O3S/c1-3-4-5-13(19)10-18-11-15(16-17-18)22(20,21)14-8-6-12(2)7-9-14;1-3-4-5-6-11-18-12-15(16-17-18)21(19,20)14-9-7-13(2)8-10-14;1-10-3-5-13(6-4-10)21(18,19)14-9-17(16-15-14)8-12-7-11(2)20-12;1-3-4-9-16-10-13(14-15-16)19(17,18)12-7-5-11(2)6-8-12;1-10-3-5-11(6-4-10)21(18,19)12-9-15(14-13-12)7-8-20(2,16)17;1-9-3-5-10(6-4-9)20(17,18)11-7-14(13-12-11)8-19(2,15)16;1-9-2-4-10(5-3-9)18(16,17)11-8-14(6-7-15)13-12-11/h3-9,11,13,19H,1,10H2,2H3;3-5,7-10,12H,1,6,11H2,2H3;3-6,9,12H,2,7-8H2,1H3;3,5-8,10H,1,4,9H2,2H3;3-6,9H,7-8H2,1-2H3;3-7H,8H2,1-2H3;2-5,7-8H,6H2,1H3/b2*5-4+;;;;;. The van der Waals surface area contributed by atoms with Crippen molar-refractivity contribution in [1.29, 1.82) is 0 Å². The molecule has 14 aromatic rings. The molecule has 0 spiro atoms. The van der Waals surface area contributed by atoms with E-state index >= 15 is 0 Å². The van der Waals surface area contributed by atoms with Crippen LogP contribution < -0.4 is 0 Å². The number of ether oxygens (including phenoxy) is 1. The summed E-state index contributed by atoms with van der Waals surface area (Å²) in [4.78, 5) is 11.5. The Bertz CT molecular complexity index is 7900. The average Bonchev–Trinajstić information content (AvgIpc) is 1.63. The smallest absolute Gasteiger partial charge is 0.227 e. The molecule has 0 radical (unpaired) electrons. The van der Waals surface area contributed by atoms with E-state index in [2.05, 4.69) is 98.5 Å². The van der Waals surface area contributed by atoms with Crippen molar-refractivity contribution in [2.45, 2.75) is 195 Å². The maximum Gasteiger partial charge on any atom is 0.227 e. The number of carbonyl (C=O) groups excluding carboxylic acids is 1. The predicted molar refractivity (Wildman–Crippen MR) is 520 cm³/mol. The zero-order chi connectivity index (χ0) is 104. The van der Waals surface area contributed by atoms with Crippen LogP contribution in [0.3, 0.4) is 0 Å². The lowest BCUT2D eigenvalue weighted by molar-refractivity contribution is -0.108. The fraction of sp³-hybridized carbons (Fsp3) is 0.242. The molecule has 0 bridgehead atoms. The van der Waals surface area contributed by atoms with Crippen LogP contribution in [-0.2, 0) is 143 Å². The summed E-state index contributed by atoms with van der Waals surface area (Å²) in [6.45, 7) is 29.3. The maximum absolute atomic E-state index is 12.4. The quantitative estimate of drug-likeness (QED) is 0.0223. The van der Waals surface area contributed by atoms with Gasteiger partial charge in [0.1, 0.15) is 28.1 Å². The van der Waals surface area contributed by atoms with Crippen molar-refractivity contribution < 1.29 is 90.4 Å². The van der Waals surface area contributed by atoms with Gasteiger partial charge < -0.3 is 14.6 Å². The lowest BCUT2D eigenvalue weighted by atomic mass is 10.1. The average molecular weight is 2120 g/mol. The molecule has 1 aliphatic rings. The lowest BCUT2D eigenvalue weighted by Crippen LogP contribution is -2.29. The summed E-state index contributed by atoms with van der Waals surface area (Å²) in [7, 11) is -32.1. The van der Waals surface area contributed by atoms with E-state index in [1.54, 1.807) is 140 Å². The Morgan fingerprint density at radius 2 is 0.606 bits per heavy atom.